The number of carboxylic acid groups (broad SMARTS) is 1. The molecule has 1 aromatic carbocycles. The molecule has 1 fully saturated rings. The number of carbonyl (C=O) groups is 1. The Morgan fingerprint density at radius 1 is 1.09 bits per heavy atom. The van der Waals surface area contributed by atoms with Gasteiger partial charge in [-0.2, -0.15) is 0 Å². The van der Waals surface area contributed by atoms with Crippen LogP contribution in [0.3, 0.4) is 0 Å². The van der Waals surface area contributed by atoms with E-state index in [1.807, 2.05) is 12.1 Å². The van der Waals surface area contributed by atoms with Crippen LogP contribution in [0.25, 0.3) is 0 Å². The van der Waals surface area contributed by atoms with Gasteiger partial charge in [-0.05, 0) is 66.5 Å². The predicted molar refractivity (Wildman–Crippen MR) is 129 cm³/mol. The average molecular weight is 481 g/mol. The maximum Gasteiger partial charge on any atom is 0.322 e. The smallest absolute Gasteiger partial charge is 0.322 e. The van der Waals surface area contributed by atoms with Crippen molar-refractivity contribution in [3.63, 3.8) is 0 Å². The summed E-state index contributed by atoms with van der Waals surface area (Å²) >= 11 is 0. The number of sulfonamides is 1. The van der Waals surface area contributed by atoms with Gasteiger partial charge in [0.15, 0.2) is 5.03 Å². The predicted octanol–water partition coefficient (Wildman–Crippen LogP) is 3.68. The zero-order valence-electron chi connectivity index (χ0n) is 18.9. The summed E-state index contributed by atoms with van der Waals surface area (Å²) in [5.74, 6) is -0.656. The fourth-order valence-corrected chi connectivity index (χ4v) is 5.25. The number of rotatable bonds is 11. The molecule has 3 N–H and O–H groups in total. The van der Waals surface area contributed by atoms with E-state index >= 15 is 0 Å². The lowest BCUT2D eigenvalue weighted by Crippen LogP contribution is -2.31. The van der Waals surface area contributed by atoms with Crippen molar-refractivity contribution in [2.24, 2.45) is 0 Å². The first-order chi connectivity index (χ1) is 16.3. The monoisotopic (exact) mass is 480 g/mol. The fraction of sp³-hybridized carbons (Fsp3) is 0.320. The van der Waals surface area contributed by atoms with Gasteiger partial charge in [-0.3, -0.25) is 4.79 Å². The van der Waals surface area contributed by atoms with Gasteiger partial charge in [0.05, 0.1) is 11.7 Å². The third kappa shape index (κ3) is 5.60. The highest BCUT2D eigenvalue weighted by molar-refractivity contribution is 7.89. The van der Waals surface area contributed by atoms with Crippen molar-refractivity contribution in [2.45, 2.75) is 49.1 Å². The minimum atomic E-state index is -3.91. The lowest BCUT2D eigenvalue weighted by Gasteiger charge is -2.20. The lowest BCUT2D eigenvalue weighted by molar-refractivity contribution is -0.134. The summed E-state index contributed by atoms with van der Waals surface area (Å²) < 4.78 is 28.8. The van der Waals surface area contributed by atoms with Gasteiger partial charge >= 0.3 is 5.97 Å². The van der Waals surface area contributed by atoms with Crippen LogP contribution in [0.5, 0.6) is 0 Å². The van der Waals surface area contributed by atoms with Crippen LogP contribution in [-0.4, -0.2) is 36.0 Å². The van der Waals surface area contributed by atoms with Gasteiger partial charge in [0.1, 0.15) is 12.4 Å². The Kier molecular flexibility index (Phi) is 6.95. The molecule has 1 atom stereocenters. The normalized spacial score (nSPS) is 15.4. The van der Waals surface area contributed by atoms with Crippen LogP contribution in [0.4, 0.5) is 5.82 Å². The fourth-order valence-electron chi connectivity index (χ4n) is 4.10. The highest BCUT2D eigenvalue weighted by Gasteiger charge is 2.42. The summed E-state index contributed by atoms with van der Waals surface area (Å²) in [6, 6.07) is 17.5. The molecule has 0 amide bonds. The summed E-state index contributed by atoms with van der Waals surface area (Å²) in [6.07, 6.45) is 5.32. The number of hydrogen-bond donors (Lipinski definition) is 3. The van der Waals surface area contributed by atoms with E-state index in [0.717, 1.165) is 12.0 Å². The zero-order valence-corrected chi connectivity index (χ0v) is 19.8. The second-order valence-electron chi connectivity index (χ2n) is 8.57. The summed E-state index contributed by atoms with van der Waals surface area (Å²) in [5.41, 5.74) is 3.06. The van der Waals surface area contributed by atoms with Crippen molar-refractivity contribution in [3.8, 4) is 0 Å². The SMILES string of the molecule is CCC1(c2ccc(CC(NS(=O)(=O)c3ccccn3)c3cccc(NCC(=O)O)n3)cc2)CC1. The maximum atomic E-state index is 13.0. The number of benzene rings is 1. The molecular weight excluding hydrogens is 452 g/mol. The largest absolute Gasteiger partial charge is 0.480 e. The first-order valence-corrected chi connectivity index (χ1v) is 12.7. The number of aromatic nitrogens is 2. The van der Waals surface area contributed by atoms with Crippen LogP contribution in [0.2, 0.25) is 0 Å². The van der Waals surface area contributed by atoms with E-state index in [4.69, 9.17) is 5.11 Å². The van der Waals surface area contributed by atoms with E-state index in [2.05, 4.69) is 39.1 Å². The maximum absolute atomic E-state index is 13.0. The van der Waals surface area contributed by atoms with Crippen molar-refractivity contribution in [1.82, 2.24) is 14.7 Å². The van der Waals surface area contributed by atoms with Gasteiger partial charge in [0.2, 0.25) is 0 Å². The third-order valence-electron chi connectivity index (χ3n) is 6.30. The standard InChI is InChI=1S/C25H28N4O4S/c1-2-25(13-14-25)19-11-9-18(10-12-19)16-21(29-34(32,33)23-8-3-4-15-26-23)20-6-5-7-22(28-20)27-17-24(30)31/h3-12,15,21,29H,2,13-14,16-17H2,1H3,(H,27,28)(H,30,31). The second kappa shape index (κ2) is 9.90. The summed E-state index contributed by atoms with van der Waals surface area (Å²) in [4.78, 5) is 19.4. The van der Waals surface area contributed by atoms with Crippen LogP contribution < -0.4 is 10.0 Å². The van der Waals surface area contributed by atoms with Crippen LogP contribution in [0.1, 0.15) is 49.0 Å². The second-order valence-corrected chi connectivity index (χ2v) is 10.2. The van der Waals surface area contributed by atoms with Crippen molar-refractivity contribution in [3.05, 3.63) is 83.7 Å². The topological polar surface area (TPSA) is 121 Å². The minimum Gasteiger partial charge on any atom is -0.480 e. The highest BCUT2D eigenvalue weighted by atomic mass is 32.2. The molecule has 178 valence electrons. The summed E-state index contributed by atoms with van der Waals surface area (Å²) in [6.45, 7) is 1.92. The van der Waals surface area contributed by atoms with Gasteiger partial charge in [0.25, 0.3) is 10.0 Å². The van der Waals surface area contributed by atoms with Gasteiger partial charge < -0.3 is 10.4 Å². The molecule has 0 radical (unpaired) electrons. The molecule has 2 aromatic heterocycles. The van der Waals surface area contributed by atoms with Crippen molar-refractivity contribution >= 4 is 21.8 Å². The molecule has 1 saturated carbocycles. The van der Waals surface area contributed by atoms with Crippen LogP contribution in [0.15, 0.2) is 71.9 Å². The van der Waals surface area contributed by atoms with Crippen LogP contribution in [0, 0.1) is 0 Å². The summed E-state index contributed by atoms with van der Waals surface area (Å²) in [5, 5.41) is 11.6. The Morgan fingerprint density at radius 3 is 2.47 bits per heavy atom. The molecule has 1 aliphatic rings. The van der Waals surface area contributed by atoms with Crippen molar-refractivity contribution in [1.29, 1.82) is 0 Å². The molecule has 0 bridgehead atoms. The lowest BCUT2D eigenvalue weighted by atomic mass is 9.91. The van der Waals surface area contributed by atoms with Gasteiger partial charge in [-0.15, -0.1) is 0 Å². The molecule has 1 aliphatic carbocycles. The Hall–Kier alpha value is -3.30. The zero-order chi connectivity index (χ0) is 24.2. The number of hydrogen-bond acceptors (Lipinski definition) is 6. The number of pyridine rings is 2. The number of anilines is 1. The minimum absolute atomic E-state index is 0.0749. The number of aliphatic carboxylic acids is 1. The van der Waals surface area contributed by atoms with Crippen LogP contribution in [-0.2, 0) is 26.7 Å². The molecular formula is C25H28N4O4S. The van der Waals surface area contributed by atoms with E-state index in [0.29, 0.717) is 23.3 Å². The molecule has 3 aromatic rings. The molecule has 4 rings (SSSR count). The van der Waals surface area contributed by atoms with E-state index in [1.54, 1.807) is 30.3 Å². The van der Waals surface area contributed by atoms with Crippen molar-refractivity contribution < 1.29 is 18.3 Å². The number of carboxylic acids is 1. The van der Waals surface area contributed by atoms with Crippen molar-refractivity contribution in [2.75, 3.05) is 11.9 Å². The molecule has 1 unspecified atom stereocenters. The first kappa shape index (κ1) is 23.8. The Labute approximate surface area is 199 Å². The first-order valence-electron chi connectivity index (χ1n) is 11.3. The third-order valence-corrected chi connectivity index (χ3v) is 7.68. The Bertz CT molecular complexity index is 1240. The van der Waals surface area contributed by atoms with E-state index < -0.39 is 22.0 Å². The number of nitrogens with one attached hydrogen (secondary N) is 2. The molecule has 2 heterocycles. The van der Waals surface area contributed by atoms with E-state index in [-0.39, 0.29) is 11.6 Å². The molecule has 0 aliphatic heterocycles. The molecule has 9 heteroatoms. The summed E-state index contributed by atoms with van der Waals surface area (Å²) in [7, 11) is -3.91. The van der Waals surface area contributed by atoms with E-state index in [1.165, 1.54) is 30.7 Å². The van der Waals surface area contributed by atoms with E-state index in [9.17, 15) is 13.2 Å². The Morgan fingerprint density at radius 2 is 1.85 bits per heavy atom. The van der Waals surface area contributed by atoms with Crippen LogP contribution >= 0.6 is 0 Å². The highest BCUT2D eigenvalue weighted by Crippen LogP contribution is 2.50. The van der Waals surface area contributed by atoms with Gasteiger partial charge in [-0.25, -0.2) is 23.1 Å². The quantitative estimate of drug-likeness (QED) is 0.383. The molecule has 34 heavy (non-hydrogen) atoms. The number of nitrogens with zero attached hydrogens (tertiary/aromatic N) is 2. The molecule has 0 saturated heterocycles. The average Bonchev–Trinajstić information content (AvgIpc) is 3.65. The van der Waals surface area contributed by atoms with Gasteiger partial charge in [-0.1, -0.05) is 43.3 Å². The molecule has 8 nitrogen and oxygen atoms in total. The Balaban J connectivity index is 1.61. The van der Waals surface area contributed by atoms with Gasteiger partial charge in [0, 0.05) is 6.20 Å². The molecule has 0 spiro atoms.